The summed E-state index contributed by atoms with van der Waals surface area (Å²) in [4.78, 5) is 21.6. The van der Waals surface area contributed by atoms with E-state index in [-0.39, 0.29) is 17.7 Å². The molecule has 1 atom stereocenters. The second kappa shape index (κ2) is 5.00. The second-order valence-corrected chi connectivity index (χ2v) is 3.60. The summed E-state index contributed by atoms with van der Waals surface area (Å²) in [6.07, 6.45) is 4.24. The van der Waals surface area contributed by atoms with Crippen LogP contribution >= 0.6 is 0 Å². The lowest BCUT2D eigenvalue weighted by Crippen LogP contribution is -2.07. The molecule has 13 heavy (non-hydrogen) atoms. The fourth-order valence-electron chi connectivity index (χ4n) is 1.56. The average Bonchev–Trinajstić information content (AvgIpc) is 2.45. The van der Waals surface area contributed by atoms with Gasteiger partial charge in [0.2, 0.25) is 0 Å². The second-order valence-electron chi connectivity index (χ2n) is 3.60. The molecule has 1 aliphatic heterocycles. The minimum atomic E-state index is -0.0529. The van der Waals surface area contributed by atoms with Crippen molar-refractivity contribution in [1.82, 2.24) is 0 Å². The molecular formula is C10H16O3. The number of rotatable bonds is 5. The summed E-state index contributed by atoms with van der Waals surface area (Å²) < 4.78 is 4.84. The van der Waals surface area contributed by atoms with Crippen molar-refractivity contribution in [1.29, 1.82) is 0 Å². The number of unbranched alkanes of at least 4 members (excludes halogenated alkanes) is 1. The molecule has 3 heteroatoms. The number of ketones is 1. The van der Waals surface area contributed by atoms with Crippen molar-refractivity contribution in [2.24, 2.45) is 5.92 Å². The number of esters is 1. The molecule has 1 saturated heterocycles. The van der Waals surface area contributed by atoms with Crippen molar-refractivity contribution in [2.75, 3.05) is 6.61 Å². The maximum absolute atomic E-state index is 11.0. The van der Waals surface area contributed by atoms with Crippen molar-refractivity contribution in [2.45, 2.75) is 39.0 Å². The lowest BCUT2D eigenvalue weighted by Gasteiger charge is -2.03. The summed E-state index contributed by atoms with van der Waals surface area (Å²) in [7, 11) is 0. The van der Waals surface area contributed by atoms with E-state index in [9.17, 15) is 9.59 Å². The van der Waals surface area contributed by atoms with Crippen LogP contribution in [-0.4, -0.2) is 18.4 Å². The van der Waals surface area contributed by atoms with E-state index in [2.05, 4.69) is 0 Å². The Bertz CT molecular complexity index is 198. The van der Waals surface area contributed by atoms with Crippen molar-refractivity contribution in [3.8, 4) is 0 Å². The standard InChI is InChI=1S/C10H16O3/c1-8(11)4-2-3-5-9-6-7-13-10(9)12/h9H,2-7H2,1H3. The fraction of sp³-hybridized carbons (Fsp3) is 0.800. The quantitative estimate of drug-likeness (QED) is 0.482. The molecule has 3 nitrogen and oxygen atoms in total. The van der Waals surface area contributed by atoms with Crippen molar-refractivity contribution in [3.63, 3.8) is 0 Å². The topological polar surface area (TPSA) is 43.4 Å². The Morgan fingerprint density at radius 2 is 2.31 bits per heavy atom. The van der Waals surface area contributed by atoms with E-state index < -0.39 is 0 Å². The molecule has 1 rings (SSSR count). The molecule has 0 bridgehead atoms. The fourth-order valence-corrected chi connectivity index (χ4v) is 1.56. The van der Waals surface area contributed by atoms with E-state index in [1.807, 2.05) is 0 Å². The summed E-state index contributed by atoms with van der Waals surface area (Å²) in [5.74, 6) is 0.281. The molecule has 1 heterocycles. The molecule has 1 fully saturated rings. The monoisotopic (exact) mass is 184 g/mol. The predicted octanol–water partition coefficient (Wildman–Crippen LogP) is 1.70. The van der Waals surface area contributed by atoms with Gasteiger partial charge < -0.3 is 9.53 Å². The Kier molecular flexibility index (Phi) is 3.93. The van der Waals surface area contributed by atoms with Gasteiger partial charge in [0, 0.05) is 6.42 Å². The molecule has 0 N–H and O–H groups in total. The average molecular weight is 184 g/mol. The first-order valence-corrected chi connectivity index (χ1v) is 4.86. The largest absolute Gasteiger partial charge is 0.465 e. The summed E-state index contributed by atoms with van der Waals surface area (Å²) >= 11 is 0. The van der Waals surface area contributed by atoms with E-state index in [4.69, 9.17) is 4.74 Å². The highest BCUT2D eigenvalue weighted by Crippen LogP contribution is 2.20. The van der Waals surface area contributed by atoms with Crippen LogP contribution in [0.4, 0.5) is 0 Å². The Labute approximate surface area is 78.5 Å². The lowest BCUT2D eigenvalue weighted by molar-refractivity contribution is -0.141. The van der Waals surface area contributed by atoms with E-state index in [0.717, 1.165) is 25.7 Å². The van der Waals surface area contributed by atoms with Crippen LogP contribution in [0.15, 0.2) is 0 Å². The minimum Gasteiger partial charge on any atom is -0.465 e. The van der Waals surface area contributed by atoms with Crippen LogP contribution in [0, 0.1) is 5.92 Å². The van der Waals surface area contributed by atoms with Gasteiger partial charge in [-0.1, -0.05) is 6.42 Å². The highest BCUT2D eigenvalue weighted by molar-refractivity contribution is 5.75. The number of hydrogen-bond donors (Lipinski definition) is 0. The van der Waals surface area contributed by atoms with E-state index in [1.165, 1.54) is 0 Å². The number of cyclic esters (lactones) is 1. The van der Waals surface area contributed by atoms with E-state index in [1.54, 1.807) is 6.92 Å². The molecule has 1 aliphatic rings. The first-order chi connectivity index (χ1) is 6.20. The maximum Gasteiger partial charge on any atom is 0.309 e. The van der Waals surface area contributed by atoms with E-state index in [0.29, 0.717) is 13.0 Å². The molecule has 0 amide bonds. The van der Waals surface area contributed by atoms with Crippen LogP contribution in [0.25, 0.3) is 0 Å². The smallest absolute Gasteiger partial charge is 0.309 e. The first kappa shape index (κ1) is 10.2. The SMILES string of the molecule is CC(=O)CCCCC1CCOC1=O. The van der Waals surface area contributed by atoms with Crippen LogP contribution in [0.5, 0.6) is 0 Å². The van der Waals surface area contributed by atoms with Crippen molar-refractivity contribution in [3.05, 3.63) is 0 Å². The normalized spacial score (nSPS) is 21.6. The highest BCUT2D eigenvalue weighted by Gasteiger charge is 2.25. The maximum atomic E-state index is 11.0. The Hall–Kier alpha value is -0.860. The predicted molar refractivity (Wildman–Crippen MR) is 48.2 cm³/mol. The highest BCUT2D eigenvalue weighted by atomic mass is 16.5. The Balaban J connectivity index is 2.05. The van der Waals surface area contributed by atoms with Gasteiger partial charge in [0.15, 0.2) is 0 Å². The number of Topliss-reactive ketones (excluding diaryl/α,β-unsaturated/α-hetero) is 1. The van der Waals surface area contributed by atoms with Gasteiger partial charge in [-0.15, -0.1) is 0 Å². The lowest BCUT2D eigenvalue weighted by atomic mass is 10.00. The van der Waals surface area contributed by atoms with Crippen molar-refractivity contribution < 1.29 is 14.3 Å². The van der Waals surface area contributed by atoms with Crippen LogP contribution in [0.3, 0.4) is 0 Å². The van der Waals surface area contributed by atoms with Gasteiger partial charge in [0.05, 0.1) is 12.5 Å². The summed E-state index contributed by atoms with van der Waals surface area (Å²) in [6.45, 7) is 2.18. The molecule has 0 saturated carbocycles. The molecule has 0 radical (unpaired) electrons. The van der Waals surface area contributed by atoms with Crippen LogP contribution in [-0.2, 0) is 14.3 Å². The van der Waals surface area contributed by atoms with Crippen LogP contribution < -0.4 is 0 Å². The molecule has 1 unspecified atom stereocenters. The third-order valence-electron chi connectivity index (χ3n) is 2.38. The number of carbonyl (C=O) groups is 2. The van der Waals surface area contributed by atoms with Crippen LogP contribution in [0.2, 0.25) is 0 Å². The first-order valence-electron chi connectivity index (χ1n) is 4.86. The van der Waals surface area contributed by atoms with Crippen LogP contribution in [0.1, 0.15) is 39.0 Å². The summed E-state index contributed by atoms with van der Waals surface area (Å²) in [5, 5.41) is 0. The van der Waals surface area contributed by atoms with Crippen molar-refractivity contribution >= 4 is 11.8 Å². The third-order valence-corrected chi connectivity index (χ3v) is 2.38. The zero-order chi connectivity index (χ0) is 9.68. The van der Waals surface area contributed by atoms with Gasteiger partial charge in [-0.05, 0) is 26.2 Å². The number of ether oxygens (including phenoxy) is 1. The Morgan fingerprint density at radius 3 is 2.85 bits per heavy atom. The molecule has 74 valence electrons. The van der Waals surface area contributed by atoms with Gasteiger partial charge in [-0.25, -0.2) is 0 Å². The molecule has 0 aliphatic carbocycles. The zero-order valence-corrected chi connectivity index (χ0v) is 8.04. The van der Waals surface area contributed by atoms with E-state index >= 15 is 0 Å². The summed E-state index contributed by atoms with van der Waals surface area (Å²) in [6, 6.07) is 0. The Morgan fingerprint density at radius 1 is 1.54 bits per heavy atom. The molecular weight excluding hydrogens is 168 g/mol. The van der Waals surface area contributed by atoms with Gasteiger partial charge in [0.1, 0.15) is 5.78 Å². The summed E-state index contributed by atoms with van der Waals surface area (Å²) in [5.41, 5.74) is 0. The number of carbonyl (C=O) groups excluding carboxylic acids is 2. The molecule has 0 aromatic carbocycles. The molecule has 0 spiro atoms. The van der Waals surface area contributed by atoms with Gasteiger partial charge >= 0.3 is 5.97 Å². The van der Waals surface area contributed by atoms with Gasteiger partial charge in [-0.3, -0.25) is 4.79 Å². The zero-order valence-electron chi connectivity index (χ0n) is 8.04. The minimum absolute atomic E-state index is 0.0529. The van der Waals surface area contributed by atoms with Gasteiger partial charge in [0.25, 0.3) is 0 Å². The third kappa shape index (κ3) is 3.57. The molecule has 0 aromatic heterocycles. The van der Waals surface area contributed by atoms with Gasteiger partial charge in [-0.2, -0.15) is 0 Å². The molecule has 0 aromatic rings. The number of hydrogen-bond acceptors (Lipinski definition) is 3.